The van der Waals surface area contributed by atoms with Gasteiger partial charge in [0.15, 0.2) is 11.0 Å². The lowest BCUT2D eigenvalue weighted by atomic mass is 10.1. The van der Waals surface area contributed by atoms with Crippen LogP contribution in [-0.4, -0.2) is 26.4 Å². The molecule has 6 nitrogen and oxygen atoms in total. The van der Waals surface area contributed by atoms with Gasteiger partial charge in [0.05, 0.1) is 10.8 Å². The smallest absolute Gasteiger partial charge is 0.234 e. The van der Waals surface area contributed by atoms with Gasteiger partial charge in [-0.25, -0.2) is 4.39 Å². The summed E-state index contributed by atoms with van der Waals surface area (Å²) in [6.07, 6.45) is 0.842. The van der Waals surface area contributed by atoms with E-state index in [0.717, 1.165) is 17.7 Å². The molecule has 2 aromatic carbocycles. The van der Waals surface area contributed by atoms with Gasteiger partial charge in [-0.3, -0.25) is 4.79 Å². The Balaban J connectivity index is 1.56. The Morgan fingerprint density at radius 3 is 2.83 bits per heavy atom. The van der Waals surface area contributed by atoms with Crippen molar-refractivity contribution in [1.82, 2.24) is 14.8 Å². The van der Waals surface area contributed by atoms with Gasteiger partial charge < -0.3 is 14.6 Å². The molecule has 0 atom stereocenters. The van der Waals surface area contributed by atoms with Crippen LogP contribution in [-0.2, 0) is 24.9 Å². The molecule has 1 N–H and O–H groups in total. The van der Waals surface area contributed by atoms with Crippen molar-refractivity contribution in [3.05, 3.63) is 64.7 Å². The number of nitrogens with one attached hydrogen (secondary N) is 1. The van der Waals surface area contributed by atoms with Crippen LogP contribution in [0.3, 0.4) is 0 Å². The Labute approximate surface area is 177 Å². The van der Waals surface area contributed by atoms with E-state index in [4.69, 9.17) is 16.3 Å². The molecule has 0 aliphatic heterocycles. The predicted octanol–water partition coefficient (Wildman–Crippen LogP) is 4.48. The Bertz CT molecular complexity index is 1010. The van der Waals surface area contributed by atoms with E-state index in [1.807, 2.05) is 31.2 Å². The first-order chi connectivity index (χ1) is 14.0. The number of aromatic nitrogens is 3. The Kier molecular flexibility index (Phi) is 7.11. The van der Waals surface area contributed by atoms with Gasteiger partial charge in [-0.1, -0.05) is 48.5 Å². The van der Waals surface area contributed by atoms with Gasteiger partial charge >= 0.3 is 0 Å². The molecule has 1 aromatic heterocycles. The maximum Gasteiger partial charge on any atom is 0.234 e. The number of hydrogen-bond donors (Lipinski definition) is 1. The summed E-state index contributed by atoms with van der Waals surface area (Å²) in [5.41, 5.74) is 1.91. The lowest BCUT2D eigenvalue weighted by molar-refractivity contribution is -0.113. The third-order valence-electron chi connectivity index (χ3n) is 4.18. The Morgan fingerprint density at radius 1 is 1.28 bits per heavy atom. The van der Waals surface area contributed by atoms with Crippen molar-refractivity contribution in [3.8, 4) is 5.75 Å². The number of para-hydroxylation sites is 1. The second-order valence-electron chi connectivity index (χ2n) is 6.17. The fraction of sp³-hybridized carbons (Fsp3) is 0.250. The summed E-state index contributed by atoms with van der Waals surface area (Å²) in [6.45, 7) is 2.16. The van der Waals surface area contributed by atoms with Crippen molar-refractivity contribution in [1.29, 1.82) is 0 Å². The zero-order valence-electron chi connectivity index (χ0n) is 16.0. The fourth-order valence-electron chi connectivity index (χ4n) is 2.60. The molecule has 0 aliphatic carbocycles. The highest BCUT2D eigenvalue weighted by Gasteiger charge is 2.13. The fourth-order valence-corrected chi connectivity index (χ4v) is 3.55. The summed E-state index contributed by atoms with van der Waals surface area (Å²) >= 11 is 7.24. The molecule has 0 unspecified atom stereocenters. The molecule has 3 rings (SSSR count). The number of amides is 1. The number of aryl methyl sites for hydroxylation is 1. The van der Waals surface area contributed by atoms with Crippen LogP contribution in [0.25, 0.3) is 0 Å². The van der Waals surface area contributed by atoms with Gasteiger partial charge in [-0.05, 0) is 36.2 Å². The molecule has 9 heteroatoms. The largest absolute Gasteiger partial charge is 0.484 e. The Morgan fingerprint density at radius 2 is 2.07 bits per heavy atom. The molecule has 0 saturated carbocycles. The standard InChI is InChI=1S/C20H20ClFN4O2S/c1-3-13-6-4-5-7-16(13)23-19(27)12-29-20-25-24-18(26(20)2)11-28-17-9-8-14(22)10-15(17)21/h4-10H,3,11-12H2,1-2H3,(H,23,27). The first-order valence-electron chi connectivity index (χ1n) is 8.94. The van der Waals surface area contributed by atoms with Gasteiger partial charge in [0.25, 0.3) is 0 Å². The number of hydrogen-bond acceptors (Lipinski definition) is 5. The van der Waals surface area contributed by atoms with Gasteiger partial charge in [0.2, 0.25) is 5.91 Å². The van der Waals surface area contributed by atoms with E-state index in [1.165, 1.54) is 30.0 Å². The molecule has 3 aromatic rings. The summed E-state index contributed by atoms with van der Waals surface area (Å²) in [7, 11) is 1.79. The molecule has 0 spiro atoms. The number of rotatable bonds is 8. The normalized spacial score (nSPS) is 10.8. The molecular formula is C20H20ClFN4O2S. The van der Waals surface area contributed by atoms with Crippen molar-refractivity contribution in [2.75, 3.05) is 11.1 Å². The molecule has 0 saturated heterocycles. The zero-order chi connectivity index (χ0) is 20.8. The quantitative estimate of drug-likeness (QED) is 0.529. The lowest BCUT2D eigenvalue weighted by Gasteiger charge is -2.10. The van der Waals surface area contributed by atoms with Crippen molar-refractivity contribution in [2.45, 2.75) is 25.1 Å². The predicted molar refractivity (Wildman–Crippen MR) is 112 cm³/mol. The third-order valence-corrected chi connectivity index (χ3v) is 5.50. The van der Waals surface area contributed by atoms with Crippen LogP contribution >= 0.6 is 23.4 Å². The summed E-state index contributed by atoms with van der Waals surface area (Å²) in [6, 6.07) is 11.6. The number of anilines is 1. The van der Waals surface area contributed by atoms with E-state index in [9.17, 15) is 9.18 Å². The number of ether oxygens (including phenoxy) is 1. The van der Waals surface area contributed by atoms with Crippen LogP contribution in [0.1, 0.15) is 18.3 Å². The minimum absolute atomic E-state index is 0.116. The summed E-state index contributed by atoms with van der Waals surface area (Å²) in [4.78, 5) is 12.3. The molecule has 0 aliphatic rings. The van der Waals surface area contributed by atoms with Gasteiger partial charge in [0.1, 0.15) is 18.2 Å². The highest BCUT2D eigenvalue weighted by molar-refractivity contribution is 7.99. The molecule has 1 amide bonds. The van der Waals surface area contributed by atoms with E-state index >= 15 is 0 Å². The Hall–Kier alpha value is -2.58. The van der Waals surface area contributed by atoms with Crippen LogP contribution in [0.2, 0.25) is 5.02 Å². The highest BCUT2D eigenvalue weighted by Crippen LogP contribution is 2.26. The minimum Gasteiger partial charge on any atom is -0.484 e. The van der Waals surface area contributed by atoms with Crippen LogP contribution < -0.4 is 10.1 Å². The van der Waals surface area contributed by atoms with Crippen LogP contribution in [0, 0.1) is 5.82 Å². The third kappa shape index (κ3) is 5.48. The summed E-state index contributed by atoms with van der Waals surface area (Å²) < 4.78 is 20.4. The monoisotopic (exact) mass is 434 g/mol. The molecule has 0 radical (unpaired) electrons. The second-order valence-corrected chi connectivity index (χ2v) is 7.52. The van der Waals surface area contributed by atoms with Gasteiger partial charge in [0, 0.05) is 12.7 Å². The minimum atomic E-state index is -0.431. The maximum atomic E-state index is 13.1. The van der Waals surface area contributed by atoms with E-state index in [1.54, 1.807) is 11.6 Å². The average Bonchev–Trinajstić information content (AvgIpc) is 3.06. The molecular weight excluding hydrogens is 415 g/mol. The first-order valence-corrected chi connectivity index (χ1v) is 10.3. The molecule has 152 valence electrons. The van der Waals surface area contributed by atoms with E-state index < -0.39 is 5.82 Å². The number of carbonyl (C=O) groups is 1. The number of benzene rings is 2. The summed E-state index contributed by atoms with van der Waals surface area (Å²) in [5.74, 6) is 0.576. The molecule has 0 fully saturated rings. The topological polar surface area (TPSA) is 69.0 Å². The lowest BCUT2D eigenvalue weighted by Crippen LogP contribution is -2.15. The van der Waals surface area contributed by atoms with Crippen LogP contribution in [0.5, 0.6) is 5.75 Å². The van der Waals surface area contributed by atoms with Crippen molar-refractivity contribution >= 4 is 35.0 Å². The van der Waals surface area contributed by atoms with Gasteiger partial charge in [-0.2, -0.15) is 0 Å². The molecule has 29 heavy (non-hydrogen) atoms. The number of halogens is 2. The number of thioether (sulfide) groups is 1. The first kappa shape index (κ1) is 21.1. The maximum absolute atomic E-state index is 13.1. The van der Waals surface area contributed by atoms with Crippen LogP contribution in [0.4, 0.5) is 10.1 Å². The second kappa shape index (κ2) is 9.76. The zero-order valence-corrected chi connectivity index (χ0v) is 17.6. The van der Waals surface area contributed by atoms with Gasteiger partial charge in [-0.15, -0.1) is 10.2 Å². The molecule has 0 bridgehead atoms. The van der Waals surface area contributed by atoms with E-state index in [-0.39, 0.29) is 23.3 Å². The highest BCUT2D eigenvalue weighted by atomic mass is 35.5. The van der Waals surface area contributed by atoms with Crippen LogP contribution in [0.15, 0.2) is 47.6 Å². The van der Waals surface area contributed by atoms with E-state index in [2.05, 4.69) is 15.5 Å². The average molecular weight is 435 g/mol. The number of nitrogens with zero attached hydrogens (tertiary/aromatic N) is 3. The number of carbonyl (C=O) groups excluding carboxylic acids is 1. The summed E-state index contributed by atoms with van der Waals surface area (Å²) in [5, 5.41) is 11.9. The van der Waals surface area contributed by atoms with E-state index in [0.29, 0.717) is 16.7 Å². The van der Waals surface area contributed by atoms with Crippen molar-refractivity contribution < 1.29 is 13.9 Å². The van der Waals surface area contributed by atoms with Crippen molar-refractivity contribution in [3.63, 3.8) is 0 Å². The van der Waals surface area contributed by atoms with Crippen molar-refractivity contribution in [2.24, 2.45) is 7.05 Å². The SMILES string of the molecule is CCc1ccccc1NC(=O)CSc1nnc(COc2ccc(F)cc2Cl)n1C. The molecule has 1 heterocycles.